The highest BCUT2D eigenvalue weighted by molar-refractivity contribution is 6.35. The second kappa shape index (κ2) is 6.74. The molecule has 1 aromatic carbocycles. The van der Waals surface area contributed by atoms with Crippen molar-refractivity contribution in [2.24, 2.45) is 0 Å². The minimum atomic E-state index is -1.10. The van der Waals surface area contributed by atoms with E-state index in [4.69, 9.17) is 16.3 Å². The van der Waals surface area contributed by atoms with E-state index in [-0.39, 0.29) is 19.1 Å². The highest BCUT2D eigenvalue weighted by Crippen LogP contribution is 2.29. The monoisotopic (exact) mass is 307 g/mol. The zero-order valence-electron chi connectivity index (χ0n) is 11.9. The van der Waals surface area contributed by atoms with E-state index in [1.54, 1.807) is 43.4 Å². The van der Waals surface area contributed by atoms with Gasteiger partial charge in [-0.05, 0) is 38.4 Å². The Bertz CT molecular complexity index is 646. The van der Waals surface area contributed by atoms with Crippen LogP contribution in [0.2, 0.25) is 5.02 Å². The number of carboxylic acids is 1. The first-order chi connectivity index (χ1) is 9.99. The molecule has 2 rings (SSSR count). The van der Waals surface area contributed by atoms with E-state index in [2.05, 4.69) is 4.98 Å². The molecule has 1 unspecified atom stereocenters. The van der Waals surface area contributed by atoms with Crippen LogP contribution in [0.25, 0.3) is 10.9 Å². The Morgan fingerprint density at radius 2 is 2.19 bits per heavy atom. The molecule has 5 nitrogen and oxygen atoms in total. The fourth-order valence-corrected chi connectivity index (χ4v) is 2.21. The lowest BCUT2D eigenvalue weighted by Gasteiger charge is -2.25. The van der Waals surface area contributed by atoms with Crippen molar-refractivity contribution in [3.63, 3.8) is 0 Å². The van der Waals surface area contributed by atoms with E-state index in [0.29, 0.717) is 16.3 Å². The molecule has 1 heterocycles. The first-order valence-electron chi connectivity index (χ1n) is 6.51. The van der Waals surface area contributed by atoms with Crippen molar-refractivity contribution in [3.8, 4) is 5.75 Å². The van der Waals surface area contributed by atoms with Crippen molar-refractivity contribution in [2.75, 3.05) is 20.7 Å². The molecule has 2 aromatic rings. The molecule has 0 aliphatic rings. The number of pyridine rings is 1. The molecule has 0 fully saturated rings. The molecule has 1 aromatic heterocycles. The number of aromatic nitrogens is 1. The molecule has 0 bridgehead atoms. The summed E-state index contributed by atoms with van der Waals surface area (Å²) in [5.74, 6) is -0.517. The second-order valence-electron chi connectivity index (χ2n) is 4.95. The number of aliphatic carboxylic acids is 1. The maximum atomic E-state index is 10.8. The molecule has 0 saturated carbocycles. The molecule has 6 heteroatoms. The van der Waals surface area contributed by atoms with Gasteiger partial charge in [0.25, 0.3) is 0 Å². The quantitative estimate of drug-likeness (QED) is 0.805. The van der Waals surface area contributed by atoms with Gasteiger partial charge in [-0.15, -0.1) is 0 Å². The largest absolute Gasteiger partial charge is 0.550 e. The number of carboxylic acid groups (broad SMARTS) is 1. The smallest absolute Gasteiger partial charge is 0.145 e. The van der Waals surface area contributed by atoms with Gasteiger partial charge in [0.05, 0.1) is 5.02 Å². The third kappa shape index (κ3) is 3.83. The molecular formula is C15H16ClN2O3-. The Labute approximate surface area is 128 Å². The van der Waals surface area contributed by atoms with Crippen LogP contribution in [0.4, 0.5) is 0 Å². The number of fused-ring (bicyclic) bond motifs is 1. The van der Waals surface area contributed by atoms with Crippen LogP contribution in [-0.2, 0) is 4.79 Å². The van der Waals surface area contributed by atoms with Crippen LogP contribution in [0.1, 0.15) is 6.42 Å². The Morgan fingerprint density at radius 1 is 1.43 bits per heavy atom. The van der Waals surface area contributed by atoms with Crippen molar-refractivity contribution in [1.82, 2.24) is 9.88 Å². The number of halogens is 1. The minimum Gasteiger partial charge on any atom is -0.550 e. The Balaban J connectivity index is 2.20. The maximum Gasteiger partial charge on any atom is 0.145 e. The SMILES string of the molecule is CN(C)C(COc1ccc(Cl)c2cccnc12)CC(=O)[O-]. The lowest BCUT2D eigenvalue weighted by atomic mass is 10.2. The summed E-state index contributed by atoms with van der Waals surface area (Å²) in [5, 5.41) is 12.2. The molecule has 1 atom stereocenters. The third-order valence-corrected chi connectivity index (χ3v) is 3.57. The standard InChI is InChI=1S/C15H17ClN2O3/c1-18(2)10(8-14(19)20)9-21-13-6-5-12(16)11-4-3-7-17-15(11)13/h3-7,10H,8-9H2,1-2H3,(H,19,20)/p-1. The lowest BCUT2D eigenvalue weighted by Crippen LogP contribution is -2.39. The van der Waals surface area contributed by atoms with E-state index >= 15 is 0 Å². The second-order valence-corrected chi connectivity index (χ2v) is 5.36. The molecular weight excluding hydrogens is 292 g/mol. The number of rotatable bonds is 6. The lowest BCUT2D eigenvalue weighted by molar-refractivity contribution is -0.306. The Kier molecular flexibility index (Phi) is 4.98. The summed E-state index contributed by atoms with van der Waals surface area (Å²) in [6, 6.07) is 6.87. The van der Waals surface area contributed by atoms with Gasteiger partial charge in [0.15, 0.2) is 0 Å². The van der Waals surface area contributed by atoms with E-state index in [1.165, 1.54) is 0 Å². The van der Waals surface area contributed by atoms with Gasteiger partial charge in [0.2, 0.25) is 0 Å². The Hall–Kier alpha value is -1.85. The van der Waals surface area contributed by atoms with Crippen LogP contribution in [0.3, 0.4) is 0 Å². The van der Waals surface area contributed by atoms with Crippen LogP contribution >= 0.6 is 11.6 Å². The normalized spacial score (nSPS) is 12.6. The highest BCUT2D eigenvalue weighted by Gasteiger charge is 2.14. The number of likely N-dealkylation sites (N-methyl/N-ethyl adjacent to an activating group) is 1. The summed E-state index contributed by atoms with van der Waals surface area (Å²) in [6.45, 7) is 0.230. The molecule has 0 N–H and O–H groups in total. The number of hydrogen-bond acceptors (Lipinski definition) is 5. The predicted octanol–water partition coefficient (Wildman–Crippen LogP) is 1.34. The number of hydrogen-bond donors (Lipinski definition) is 0. The number of carbonyl (C=O) groups is 1. The fraction of sp³-hybridized carbons (Fsp3) is 0.333. The maximum absolute atomic E-state index is 10.8. The number of benzene rings is 1. The first kappa shape index (κ1) is 15.5. The average Bonchev–Trinajstić information content (AvgIpc) is 2.45. The van der Waals surface area contributed by atoms with E-state index in [9.17, 15) is 9.90 Å². The summed E-state index contributed by atoms with van der Waals surface area (Å²) >= 11 is 6.12. The van der Waals surface area contributed by atoms with Crippen LogP contribution in [-0.4, -0.2) is 42.6 Å². The molecule has 21 heavy (non-hydrogen) atoms. The minimum absolute atomic E-state index is 0.0913. The van der Waals surface area contributed by atoms with E-state index in [1.807, 2.05) is 6.07 Å². The van der Waals surface area contributed by atoms with Gasteiger partial charge in [-0.25, -0.2) is 0 Å². The van der Waals surface area contributed by atoms with E-state index in [0.717, 1.165) is 5.39 Å². The molecule has 0 spiro atoms. The van der Waals surface area contributed by atoms with Crippen molar-refractivity contribution in [2.45, 2.75) is 12.5 Å². The predicted molar refractivity (Wildman–Crippen MR) is 79.3 cm³/mol. The average molecular weight is 308 g/mol. The number of ether oxygens (including phenoxy) is 1. The van der Waals surface area contributed by atoms with Crippen LogP contribution in [0.15, 0.2) is 30.5 Å². The van der Waals surface area contributed by atoms with Crippen molar-refractivity contribution in [3.05, 3.63) is 35.5 Å². The zero-order chi connectivity index (χ0) is 15.4. The summed E-state index contributed by atoms with van der Waals surface area (Å²) < 4.78 is 5.74. The Morgan fingerprint density at radius 3 is 2.86 bits per heavy atom. The summed E-state index contributed by atoms with van der Waals surface area (Å²) in [6.07, 6.45) is 1.57. The van der Waals surface area contributed by atoms with Crippen LogP contribution in [0.5, 0.6) is 5.75 Å². The van der Waals surface area contributed by atoms with Crippen molar-refractivity contribution < 1.29 is 14.6 Å². The summed E-state index contributed by atoms with van der Waals surface area (Å²) in [4.78, 5) is 16.8. The fourth-order valence-electron chi connectivity index (χ4n) is 2.00. The molecule has 0 amide bonds. The van der Waals surface area contributed by atoms with Crippen LogP contribution < -0.4 is 9.84 Å². The molecule has 0 aliphatic heterocycles. The third-order valence-electron chi connectivity index (χ3n) is 3.24. The molecule has 0 aliphatic carbocycles. The zero-order valence-corrected chi connectivity index (χ0v) is 12.6. The topological polar surface area (TPSA) is 65.5 Å². The summed E-state index contributed by atoms with van der Waals surface area (Å²) in [5.41, 5.74) is 0.663. The van der Waals surface area contributed by atoms with Gasteiger partial charge < -0.3 is 19.5 Å². The number of carbonyl (C=O) groups excluding carboxylic acids is 1. The first-order valence-corrected chi connectivity index (χ1v) is 6.89. The summed E-state index contributed by atoms with van der Waals surface area (Å²) in [7, 11) is 3.60. The number of nitrogens with zero attached hydrogens (tertiary/aromatic N) is 2. The van der Waals surface area contributed by atoms with Gasteiger partial charge in [-0.3, -0.25) is 4.98 Å². The van der Waals surface area contributed by atoms with Gasteiger partial charge in [0.1, 0.15) is 17.9 Å². The van der Waals surface area contributed by atoms with Gasteiger partial charge in [-0.1, -0.05) is 11.6 Å². The van der Waals surface area contributed by atoms with Gasteiger partial charge in [0, 0.05) is 30.0 Å². The molecule has 0 saturated heterocycles. The van der Waals surface area contributed by atoms with Gasteiger partial charge >= 0.3 is 0 Å². The molecule has 112 valence electrons. The van der Waals surface area contributed by atoms with Crippen molar-refractivity contribution in [1.29, 1.82) is 0 Å². The van der Waals surface area contributed by atoms with Crippen molar-refractivity contribution >= 4 is 28.5 Å². The van der Waals surface area contributed by atoms with E-state index < -0.39 is 5.97 Å². The van der Waals surface area contributed by atoms with Crippen LogP contribution in [0, 0.1) is 0 Å². The molecule has 0 radical (unpaired) electrons. The van der Waals surface area contributed by atoms with Gasteiger partial charge in [-0.2, -0.15) is 0 Å². The highest BCUT2D eigenvalue weighted by atomic mass is 35.5.